The summed E-state index contributed by atoms with van der Waals surface area (Å²) in [5.74, 6) is 0. The molecule has 0 unspecified atom stereocenters. The molecule has 47 valence electrons. The summed E-state index contributed by atoms with van der Waals surface area (Å²) in [6.45, 7) is 1.81. The molecule has 0 heterocycles. The van der Waals surface area contributed by atoms with Gasteiger partial charge in [-0.1, -0.05) is 19.8 Å². The third-order valence-corrected chi connectivity index (χ3v) is 1.95. The molecular formula is C7H12F. The maximum absolute atomic E-state index is 13.0. The van der Waals surface area contributed by atoms with Gasteiger partial charge in [-0.25, -0.2) is 4.39 Å². The van der Waals surface area contributed by atoms with Crippen molar-refractivity contribution in [2.75, 3.05) is 0 Å². The summed E-state index contributed by atoms with van der Waals surface area (Å²) in [6.07, 6.45) is 5.34. The van der Waals surface area contributed by atoms with Crippen LogP contribution in [0.4, 0.5) is 4.39 Å². The number of halogens is 1. The van der Waals surface area contributed by atoms with Crippen LogP contribution in [0.2, 0.25) is 0 Å². The van der Waals surface area contributed by atoms with E-state index in [9.17, 15) is 4.39 Å². The largest absolute Gasteiger partial charge is 0.244 e. The van der Waals surface area contributed by atoms with Gasteiger partial charge in [0.25, 0.3) is 0 Å². The van der Waals surface area contributed by atoms with Crippen LogP contribution in [0.25, 0.3) is 0 Å². The molecule has 1 fully saturated rings. The molecule has 0 spiro atoms. The Labute approximate surface area is 50.1 Å². The van der Waals surface area contributed by atoms with Crippen LogP contribution in [0.15, 0.2) is 0 Å². The Morgan fingerprint density at radius 3 is 2.12 bits per heavy atom. The highest BCUT2D eigenvalue weighted by Gasteiger charge is 2.31. The molecule has 0 bridgehead atoms. The summed E-state index contributed by atoms with van der Waals surface area (Å²) in [7, 11) is 0. The van der Waals surface area contributed by atoms with E-state index in [4.69, 9.17) is 0 Å². The molecule has 8 heavy (non-hydrogen) atoms. The number of alkyl halides is 1. The summed E-state index contributed by atoms with van der Waals surface area (Å²) >= 11 is 0. The minimum absolute atomic E-state index is 0.753. The van der Waals surface area contributed by atoms with Gasteiger partial charge >= 0.3 is 0 Å². The van der Waals surface area contributed by atoms with Gasteiger partial charge in [0.15, 0.2) is 0 Å². The highest BCUT2D eigenvalue weighted by atomic mass is 19.1. The molecule has 1 radical (unpaired) electrons. The Morgan fingerprint density at radius 2 is 1.88 bits per heavy atom. The predicted molar refractivity (Wildman–Crippen MR) is 32.3 cm³/mol. The first kappa shape index (κ1) is 6.06. The molecule has 0 aromatic rings. The van der Waals surface area contributed by atoms with Crippen LogP contribution in [0.1, 0.15) is 32.6 Å². The molecule has 0 amide bonds. The molecular weight excluding hydrogens is 103 g/mol. The molecule has 1 rings (SSSR count). The summed E-state index contributed by atoms with van der Waals surface area (Å²) in [6, 6.07) is 0. The van der Waals surface area contributed by atoms with Crippen molar-refractivity contribution in [3.8, 4) is 0 Å². The van der Waals surface area contributed by atoms with Crippen molar-refractivity contribution < 1.29 is 4.39 Å². The molecule has 0 atom stereocenters. The Hall–Kier alpha value is -0.0700. The fourth-order valence-electron chi connectivity index (χ4n) is 1.25. The molecule has 0 aromatic heterocycles. The lowest BCUT2D eigenvalue weighted by Gasteiger charge is -2.13. The standard InChI is InChI=1S/C7H12F/c1-2-7(8)5-3-4-6-7/h2H,3-6H2,1H3. The van der Waals surface area contributed by atoms with Gasteiger partial charge < -0.3 is 0 Å². The summed E-state index contributed by atoms with van der Waals surface area (Å²) < 4.78 is 13.0. The highest BCUT2D eigenvalue weighted by molar-refractivity contribution is 4.94. The van der Waals surface area contributed by atoms with Crippen LogP contribution >= 0.6 is 0 Å². The van der Waals surface area contributed by atoms with E-state index in [0.29, 0.717) is 0 Å². The van der Waals surface area contributed by atoms with E-state index >= 15 is 0 Å². The van der Waals surface area contributed by atoms with Gasteiger partial charge in [0.2, 0.25) is 0 Å². The maximum atomic E-state index is 13.0. The second-order valence-corrected chi connectivity index (χ2v) is 2.53. The third-order valence-electron chi connectivity index (χ3n) is 1.95. The van der Waals surface area contributed by atoms with Gasteiger partial charge in [0.1, 0.15) is 5.67 Å². The summed E-state index contributed by atoms with van der Waals surface area (Å²) in [5.41, 5.74) is -0.889. The Balaban J connectivity index is 2.40. The Morgan fingerprint density at radius 1 is 1.38 bits per heavy atom. The van der Waals surface area contributed by atoms with Gasteiger partial charge in [-0.05, 0) is 19.3 Å². The lowest BCUT2D eigenvalue weighted by Crippen LogP contribution is -2.15. The van der Waals surface area contributed by atoms with Crippen molar-refractivity contribution in [3.63, 3.8) is 0 Å². The van der Waals surface area contributed by atoms with Crippen LogP contribution in [0.5, 0.6) is 0 Å². The van der Waals surface area contributed by atoms with Gasteiger partial charge in [0, 0.05) is 0 Å². The molecule has 0 aliphatic heterocycles. The fourth-order valence-corrected chi connectivity index (χ4v) is 1.25. The van der Waals surface area contributed by atoms with Gasteiger partial charge in [-0.3, -0.25) is 0 Å². The fraction of sp³-hybridized carbons (Fsp3) is 0.857. The van der Waals surface area contributed by atoms with E-state index in [1.54, 1.807) is 6.42 Å². The van der Waals surface area contributed by atoms with E-state index in [1.807, 2.05) is 6.92 Å². The molecule has 0 saturated heterocycles. The molecule has 0 N–H and O–H groups in total. The molecule has 1 aliphatic rings. The molecule has 0 aromatic carbocycles. The van der Waals surface area contributed by atoms with E-state index in [0.717, 1.165) is 25.7 Å². The van der Waals surface area contributed by atoms with E-state index in [1.165, 1.54) is 0 Å². The number of hydrogen-bond donors (Lipinski definition) is 0. The quantitative estimate of drug-likeness (QED) is 0.492. The van der Waals surface area contributed by atoms with Crippen molar-refractivity contribution in [1.82, 2.24) is 0 Å². The van der Waals surface area contributed by atoms with E-state index in [-0.39, 0.29) is 0 Å². The first-order chi connectivity index (χ1) is 3.77. The average Bonchev–Trinajstić information content (AvgIpc) is 2.17. The maximum Gasteiger partial charge on any atom is 0.114 e. The summed E-state index contributed by atoms with van der Waals surface area (Å²) in [4.78, 5) is 0. The van der Waals surface area contributed by atoms with Crippen LogP contribution in [-0.4, -0.2) is 5.67 Å². The zero-order valence-electron chi connectivity index (χ0n) is 5.28. The third kappa shape index (κ3) is 1.01. The van der Waals surface area contributed by atoms with Crippen LogP contribution < -0.4 is 0 Å². The van der Waals surface area contributed by atoms with Crippen molar-refractivity contribution in [2.24, 2.45) is 0 Å². The SMILES string of the molecule is C[CH]C1(F)CCCC1. The lowest BCUT2D eigenvalue weighted by molar-refractivity contribution is 0.217. The summed E-state index contributed by atoms with van der Waals surface area (Å²) in [5, 5.41) is 0. The topological polar surface area (TPSA) is 0 Å². The number of rotatable bonds is 1. The van der Waals surface area contributed by atoms with Crippen molar-refractivity contribution in [3.05, 3.63) is 6.42 Å². The first-order valence-corrected chi connectivity index (χ1v) is 3.26. The average molecular weight is 115 g/mol. The molecule has 1 saturated carbocycles. The Bertz CT molecular complexity index is 72.5. The van der Waals surface area contributed by atoms with Crippen molar-refractivity contribution in [2.45, 2.75) is 38.3 Å². The highest BCUT2D eigenvalue weighted by Crippen LogP contribution is 2.34. The van der Waals surface area contributed by atoms with Gasteiger partial charge in [-0.2, -0.15) is 0 Å². The monoisotopic (exact) mass is 115 g/mol. The predicted octanol–water partition coefficient (Wildman–Crippen LogP) is 2.49. The van der Waals surface area contributed by atoms with Crippen molar-refractivity contribution in [1.29, 1.82) is 0 Å². The van der Waals surface area contributed by atoms with Crippen LogP contribution in [0.3, 0.4) is 0 Å². The van der Waals surface area contributed by atoms with Gasteiger partial charge in [-0.15, -0.1) is 0 Å². The molecule has 0 nitrogen and oxygen atoms in total. The van der Waals surface area contributed by atoms with E-state index in [2.05, 4.69) is 0 Å². The first-order valence-electron chi connectivity index (χ1n) is 3.26. The second kappa shape index (κ2) is 2.04. The van der Waals surface area contributed by atoms with Crippen LogP contribution in [-0.2, 0) is 0 Å². The van der Waals surface area contributed by atoms with Crippen LogP contribution in [0, 0.1) is 6.42 Å². The Kier molecular flexibility index (Phi) is 1.54. The lowest BCUT2D eigenvalue weighted by atomic mass is 10.0. The van der Waals surface area contributed by atoms with Crippen molar-refractivity contribution >= 4 is 0 Å². The normalized spacial score (nSPS) is 26.2. The minimum atomic E-state index is -0.889. The van der Waals surface area contributed by atoms with E-state index < -0.39 is 5.67 Å². The second-order valence-electron chi connectivity index (χ2n) is 2.53. The molecule has 1 aliphatic carbocycles. The van der Waals surface area contributed by atoms with Gasteiger partial charge in [0.05, 0.1) is 0 Å². The molecule has 1 heteroatoms. The number of hydrogen-bond acceptors (Lipinski definition) is 0. The zero-order chi connectivity index (χ0) is 6.04. The smallest absolute Gasteiger partial charge is 0.114 e. The zero-order valence-corrected chi connectivity index (χ0v) is 5.28. The minimum Gasteiger partial charge on any atom is -0.244 e.